The molecule has 0 bridgehead atoms. The van der Waals surface area contributed by atoms with Crippen LogP contribution in [0.5, 0.6) is 0 Å². The van der Waals surface area contributed by atoms with Crippen LogP contribution in [-0.2, 0) is 13.1 Å². The summed E-state index contributed by atoms with van der Waals surface area (Å²) in [7, 11) is 0. The van der Waals surface area contributed by atoms with Crippen molar-refractivity contribution in [1.82, 2.24) is 13.5 Å². The smallest absolute Gasteiger partial charge is 0.337 e. The summed E-state index contributed by atoms with van der Waals surface area (Å²) >= 11 is 0. The fraction of sp³-hybridized carbons (Fsp3) is 0.200. The molecule has 0 amide bonds. The lowest BCUT2D eigenvalue weighted by Gasteiger charge is -2.11. The van der Waals surface area contributed by atoms with Gasteiger partial charge in [0.15, 0.2) is 0 Å². The molecule has 0 saturated heterocycles. The second-order valence-corrected chi connectivity index (χ2v) is 6.23. The number of imidazole rings is 1. The predicted molar refractivity (Wildman–Crippen MR) is 103 cm³/mol. The summed E-state index contributed by atoms with van der Waals surface area (Å²) in [6.45, 7) is -0.265. The zero-order chi connectivity index (χ0) is 19.0. The molecule has 0 radical (unpaired) electrons. The maximum absolute atomic E-state index is 13.1. The Morgan fingerprint density at radius 1 is 0.741 bits per heavy atom. The van der Waals surface area contributed by atoms with Crippen LogP contribution in [0.15, 0.2) is 64.2 Å². The van der Waals surface area contributed by atoms with Crippen LogP contribution in [0.2, 0.25) is 0 Å². The van der Waals surface area contributed by atoms with E-state index in [0.717, 1.165) is 15.4 Å². The highest BCUT2D eigenvalue weighted by atomic mass is 16.3. The van der Waals surface area contributed by atoms with Gasteiger partial charge in [-0.1, -0.05) is 48.5 Å². The average molecular weight is 365 g/mol. The first-order valence-electron chi connectivity index (χ1n) is 8.73. The maximum atomic E-state index is 13.1. The van der Waals surface area contributed by atoms with Crippen molar-refractivity contribution in [1.29, 1.82) is 0 Å². The number of hydrogen-bond donors (Lipinski definition) is 2. The Balaban J connectivity index is 2.28. The highest BCUT2D eigenvalue weighted by Crippen LogP contribution is 2.28. The Kier molecular flexibility index (Phi) is 4.39. The predicted octanol–water partition coefficient (Wildman–Crippen LogP) is 1.07. The van der Waals surface area contributed by atoms with Gasteiger partial charge in [-0.05, 0) is 6.07 Å². The molecule has 2 heterocycles. The molecule has 4 aromatic rings. The van der Waals surface area contributed by atoms with E-state index in [1.54, 1.807) is 6.07 Å². The van der Waals surface area contributed by atoms with E-state index in [1.807, 2.05) is 48.5 Å². The van der Waals surface area contributed by atoms with E-state index in [-0.39, 0.29) is 26.3 Å². The molecule has 7 nitrogen and oxygen atoms in total. The summed E-state index contributed by atoms with van der Waals surface area (Å²) in [6, 6.07) is 16.7. The van der Waals surface area contributed by atoms with Crippen LogP contribution in [0.3, 0.4) is 0 Å². The lowest BCUT2D eigenvalue weighted by Crippen LogP contribution is -2.35. The van der Waals surface area contributed by atoms with Gasteiger partial charge in [-0.3, -0.25) is 9.13 Å². The Bertz CT molecular complexity index is 1240. The van der Waals surface area contributed by atoms with E-state index in [2.05, 4.69) is 0 Å². The summed E-state index contributed by atoms with van der Waals surface area (Å²) in [5, 5.41) is 19.6. The first-order valence-corrected chi connectivity index (χ1v) is 8.73. The minimum atomic E-state index is -0.503. The molecule has 0 saturated carbocycles. The van der Waals surface area contributed by atoms with Gasteiger partial charge in [0, 0.05) is 10.9 Å². The van der Waals surface area contributed by atoms with E-state index in [0.29, 0.717) is 16.7 Å². The van der Waals surface area contributed by atoms with E-state index in [1.165, 1.54) is 9.13 Å². The molecule has 0 aliphatic rings. The Hall–Kier alpha value is -3.16. The van der Waals surface area contributed by atoms with Gasteiger partial charge in [-0.2, -0.15) is 0 Å². The minimum Gasteiger partial charge on any atom is -0.395 e. The second-order valence-electron chi connectivity index (χ2n) is 6.23. The van der Waals surface area contributed by atoms with Crippen LogP contribution in [-0.4, -0.2) is 37.0 Å². The number of rotatable bonds is 5. The largest absolute Gasteiger partial charge is 0.395 e. The average Bonchev–Trinajstić information content (AvgIpc) is 2.99. The highest BCUT2D eigenvalue weighted by Gasteiger charge is 2.22. The zero-order valence-corrected chi connectivity index (χ0v) is 14.6. The van der Waals surface area contributed by atoms with Gasteiger partial charge < -0.3 is 10.2 Å². The number of aliphatic hydroxyl groups is 2. The van der Waals surface area contributed by atoms with Gasteiger partial charge in [-0.25, -0.2) is 14.0 Å². The topological polar surface area (TPSA) is 88.9 Å². The number of hydrogen-bond acceptors (Lipinski definition) is 4. The van der Waals surface area contributed by atoms with Crippen molar-refractivity contribution in [2.24, 2.45) is 0 Å². The van der Waals surface area contributed by atoms with Crippen LogP contribution in [0.25, 0.3) is 27.7 Å². The van der Waals surface area contributed by atoms with Crippen molar-refractivity contribution in [3.63, 3.8) is 0 Å². The third kappa shape index (κ3) is 2.59. The summed E-state index contributed by atoms with van der Waals surface area (Å²) in [5.74, 6) is 0. The number of fused-ring (bicyclic) bond motifs is 3. The molecule has 0 unspecified atom stereocenters. The SMILES string of the molecule is O=c1n(CCO)c(-c2ccccc2)c2c3ccccc3n(CCO)c(=O)n12. The van der Waals surface area contributed by atoms with Crippen LogP contribution in [0.1, 0.15) is 0 Å². The lowest BCUT2D eigenvalue weighted by atomic mass is 10.1. The van der Waals surface area contributed by atoms with Gasteiger partial charge >= 0.3 is 11.4 Å². The zero-order valence-electron chi connectivity index (χ0n) is 14.6. The lowest BCUT2D eigenvalue weighted by molar-refractivity contribution is 0.273. The normalized spacial score (nSPS) is 11.5. The van der Waals surface area contributed by atoms with E-state index in [9.17, 15) is 19.8 Å². The highest BCUT2D eigenvalue weighted by molar-refractivity contribution is 6.00. The van der Waals surface area contributed by atoms with Gasteiger partial charge in [0.05, 0.1) is 43.0 Å². The molecule has 7 heteroatoms. The number of aromatic nitrogens is 3. The maximum Gasteiger partial charge on any atom is 0.337 e. The Morgan fingerprint density at radius 2 is 1.33 bits per heavy atom. The van der Waals surface area contributed by atoms with E-state index < -0.39 is 11.4 Å². The standard InChI is InChI=1S/C20H19N3O4/c24-12-10-21-16-9-5-4-8-15(16)18-17(14-6-2-1-3-7-14)22(11-13-25)20(27)23(18)19(21)26/h1-9,24-25H,10-13H2. The molecule has 138 valence electrons. The number of aliphatic hydroxyl groups excluding tert-OH is 2. The van der Waals surface area contributed by atoms with Gasteiger partial charge in [0.25, 0.3) is 0 Å². The molecule has 0 atom stereocenters. The fourth-order valence-corrected chi connectivity index (χ4v) is 3.62. The molecule has 0 fully saturated rings. The first kappa shape index (κ1) is 17.3. The minimum absolute atomic E-state index is 0.0819. The van der Waals surface area contributed by atoms with Crippen molar-refractivity contribution in [3.8, 4) is 11.3 Å². The molecule has 27 heavy (non-hydrogen) atoms. The number of benzene rings is 2. The third-order valence-corrected chi connectivity index (χ3v) is 4.71. The summed E-state index contributed by atoms with van der Waals surface area (Å²) in [4.78, 5) is 26.2. The second kappa shape index (κ2) is 6.86. The van der Waals surface area contributed by atoms with Crippen LogP contribution >= 0.6 is 0 Å². The van der Waals surface area contributed by atoms with Gasteiger partial charge in [0.2, 0.25) is 0 Å². The van der Waals surface area contributed by atoms with Crippen molar-refractivity contribution in [2.75, 3.05) is 13.2 Å². The van der Waals surface area contributed by atoms with Gasteiger partial charge in [-0.15, -0.1) is 0 Å². The summed E-state index contributed by atoms with van der Waals surface area (Å²) in [6.07, 6.45) is 0. The molecule has 2 aromatic carbocycles. The molecule has 2 aromatic heterocycles. The van der Waals surface area contributed by atoms with E-state index >= 15 is 0 Å². The molecular weight excluding hydrogens is 346 g/mol. The molecule has 0 aliphatic heterocycles. The van der Waals surface area contributed by atoms with Crippen molar-refractivity contribution >= 4 is 16.4 Å². The quantitative estimate of drug-likeness (QED) is 0.554. The Labute approximate surface area is 154 Å². The van der Waals surface area contributed by atoms with Crippen molar-refractivity contribution < 1.29 is 10.2 Å². The van der Waals surface area contributed by atoms with Crippen LogP contribution in [0, 0.1) is 0 Å². The van der Waals surface area contributed by atoms with Crippen molar-refractivity contribution in [3.05, 3.63) is 75.6 Å². The monoisotopic (exact) mass is 365 g/mol. The number of para-hydroxylation sites is 1. The molecule has 4 rings (SSSR count). The number of nitrogens with zero attached hydrogens (tertiary/aromatic N) is 3. The van der Waals surface area contributed by atoms with Crippen LogP contribution < -0.4 is 11.4 Å². The fourth-order valence-electron chi connectivity index (χ4n) is 3.62. The first-order chi connectivity index (χ1) is 13.2. The summed E-state index contributed by atoms with van der Waals surface area (Å²) < 4.78 is 3.97. The summed E-state index contributed by atoms with van der Waals surface area (Å²) in [5.41, 5.74) is 1.54. The molecule has 0 spiro atoms. The third-order valence-electron chi connectivity index (χ3n) is 4.71. The molecular formula is C20H19N3O4. The Morgan fingerprint density at radius 3 is 2.04 bits per heavy atom. The molecule has 2 N–H and O–H groups in total. The van der Waals surface area contributed by atoms with Gasteiger partial charge in [0.1, 0.15) is 0 Å². The van der Waals surface area contributed by atoms with Crippen molar-refractivity contribution in [2.45, 2.75) is 13.1 Å². The van der Waals surface area contributed by atoms with Crippen LogP contribution in [0.4, 0.5) is 0 Å². The molecule has 0 aliphatic carbocycles. The van der Waals surface area contributed by atoms with E-state index in [4.69, 9.17) is 0 Å².